The zero-order chi connectivity index (χ0) is 14.8. The highest BCUT2D eigenvalue weighted by Crippen LogP contribution is 2.21. The molecule has 1 unspecified atom stereocenters. The molecule has 0 aliphatic carbocycles. The van der Waals surface area contributed by atoms with Crippen molar-refractivity contribution >= 4 is 10.0 Å². The van der Waals surface area contributed by atoms with E-state index in [1.165, 1.54) is 6.20 Å². The Labute approximate surface area is 121 Å². The predicted octanol–water partition coefficient (Wildman–Crippen LogP) is 1.01. The molecule has 1 aliphatic rings. The maximum Gasteiger partial charge on any atom is 0.246 e. The Balaban J connectivity index is 2.13. The molecule has 1 aliphatic heterocycles. The molecule has 114 valence electrons. The van der Waals surface area contributed by atoms with Gasteiger partial charge < -0.3 is 4.90 Å². The van der Waals surface area contributed by atoms with Crippen LogP contribution in [-0.4, -0.2) is 60.6 Å². The van der Waals surface area contributed by atoms with Gasteiger partial charge >= 0.3 is 0 Å². The molecule has 7 heteroatoms. The fraction of sp³-hybridized carbons (Fsp3) is 0.769. The summed E-state index contributed by atoms with van der Waals surface area (Å²) >= 11 is 0. The maximum absolute atomic E-state index is 12.6. The summed E-state index contributed by atoms with van der Waals surface area (Å²) in [5.41, 5.74) is 0. The molecule has 0 N–H and O–H groups in total. The molecule has 1 atom stereocenters. The fourth-order valence-electron chi connectivity index (χ4n) is 2.61. The topological polar surface area (TPSA) is 58.4 Å². The smallest absolute Gasteiger partial charge is 0.246 e. The Morgan fingerprint density at radius 2 is 2.10 bits per heavy atom. The first-order valence-corrected chi connectivity index (χ1v) is 8.58. The number of sulfonamides is 1. The van der Waals surface area contributed by atoms with Gasteiger partial charge in [-0.1, -0.05) is 0 Å². The third-order valence-electron chi connectivity index (χ3n) is 3.96. The molecule has 1 saturated heterocycles. The van der Waals surface area contributed by atoms with E-state index in [0.29, 0.717) is 30.6 Å². The lowest BCUT2D eigenvalue weighted by Gasteiger charge is -2.22. The van der Waals surface area contributed by atoms with Gasteiger partial charge in [0.05, 0.1) is 6.20 Å². The van der Waals surface area contributed by atoms with E-state index in [1.807, 2.05) is 6.92 Å². The number of aryl methyl sites for hydroxylation is 1. The van der Waals surface area contributed by atoms with Crippen LogP contribution in [0.25, 0.3) is 0 Å². The molecule has 6 nitrogen and oxygen atoms in total. The highest BCUT2D eigenvalue weighted by atomic mass is 32.2. The average molecular weight is 300 g/mol. The van der Waals surface area contributed by atoms with Gasteiger partial charge in [0.1, 0.15) is 4.90 Å². The van der Waals surface area contributed by atoms with Crippen LogP contribution in [0.3, 0.4) is 0 Å². The van der Waals surface area contributed by atoms with E-state index in [9.17, 15) is 8.42 Å². The molecule has 0 saturated carbocycles. The van der Waals surface area contributed by atoms with Crippen molar-refractivity contribution in [1.29, 1.82) is 0 Å². The molecule has 1 fully saturated rings. The van der Waals surface area contributed by atoms with Crippen molar-refractivity contribution in [2.45, 2.75) is 43.7 Å². The van der Waals surface area contributed by atoms with Crippen LogP contribution in [0.4, 0.5) is 0 Å². The predicted molar refractivity (Wildman–Crippen MR) is 78.0 cm³/mol. The van der Waals surface area contributed by atoms with Crippen LogP contribution in [0.2, 0.25) is 0 Å². The summed E-state index contributed by atoms with van der Waals surface area (Å²) in [5.74, 6) is 0. The molecular weight excluding hydrogens is 276 g/mol. The summed E-state index contributed by atoms with van der Waals surface area (Å²) in [5, 5.41) is 4.07. The summed E-state index contributed by atoms with van der Waals surface area (Å²) in [6, 6.07) is 0.466. The van der Waals surface area contributed by atoms with Crippen molar-refractivity contribution in [2.24, 2.45) is 0 Å². The molecule has 20 heavy (non-hydrogen) atoms. The van der Waals surface area contributed by atoms with Crippen LogP contribution >= 0.6 is 0 Å². The Morgan fingerprint density at radius 3 is 2.70 bits per heavy atom. The minimum Gasteiger partial charge on any atom is -0.306 e. The van der Waals surface area contributed by atoms with Crippen LogP contribution in [-0.2, 0) is 16.6 Å². The molecular formula is C13H24N4O2S. The lowest BCUT2D eigenvalue weighted by atomic mass is 10.1. The third kappa shape index (κ3) is 3.21. The minimum absolute atomic E-state index is 0.308. The van der Waals surface area contributed by atoms with Crippen LogP contribution in [0.5, 0.6) is 0 Å². The van der Waals surface area contributed by atoms with E-state index >= 15 is 0 Å². The lowest BCUT2D eigenvalue weighted by Crippen LogP contribution is -2.33. The lowest BCUT2D eigenvalue weighted by molar-refractivity contribution is 0.268. The van der Waals surface area contributed by atoms with E-state index in [-0.39, 0.29) is 0 Å². The quantitative estimate of drug-likeness (QED) is 0.832. The Morgan fingerprint density at radius 1 is 1.35 bits per heavy atom. The van der Waals surface area contributed by atoms with Gasteiger partial charge in [-0.15, -0.1) is 0 Å². The maximum atomic E-state index is 12.6. The second kappa shape index (κ2) is 6.24. The second-order valence-corrected chi connectivity index (χ2v) is 7.42. The van der Waals surface area contributed by atoms with Crippen molar-refractivity contribution in [3.05, 3.63) is 12.4 Å². The summed E-state index contributed by atoms with van der Waals surface area (Å²) in [6.07, 6.45) is 5.90. The van der Waals surface area contributed by atoms with E-state index in [4.69, 9.17) is 0 Å². The van der Waals surface area contributed by atoms with Crippen molar-refractivity contribution in [3.8, 4) is 0 Å². The van der Waals surface area contributed by atoms with Gasteiger partial charge in [-0.3, -0.25) is 4.68 Å². The number of hydrogen-bond acceptors (Lipinski definition) is 4. The van der Waals surface area contributed by atoms with Crippen LogP contribution in [0.15, 0.2) is 17.3 Å². The summed E-state index contributed by atoms with van der Waals surface area (Å²) in [7, 11) is 0.719. The molecule has 2 rings (SSSR count). The Bertz CT molecular complexity index is 538. The van der Waals surface area contributed by atoms with E-state index < -0.39 is 10.0 Å². The van der Waals surface area contributed by atoms with Crippen molar-refractivity contribution < 1.29 is 8.42 Å². The van der Waals surface area contributed by atoms with Crippen LogP contribution < -0.4 is 0 Å². The van der Waals surface area contributed by atoms with E-state index in [0.717, 1.165) is 19.3 Å². The summed E-state index contributed by atoms with van der Waals surface area (Å²) in [4.78, 5) is 2.49. The third-order valence-corrected chi connectivity index (χ3v) is 5.81. The van der Waals surface area contributed by atoms with Crippen molar-refractivity contribution in [2.75, 3.05) is 27.2 Å². The van der Waals surface area contributed by atoms with Gasteiger partial charge in [-0.05, 0) is 40.3 Å². The standard InChI is InChI=1S/C13H24N4O2S/c1-4-16-11-13(10-14-16)20(18,19)17-8-5-6-12(7-9-17)15(2)3/h10-12H,4-9H2,1-3H3. The number of nitrogens with zero attached hydrogens (tertiary/aromatic N) is 4. The second-order valence-electron chi connectivity index (χ2n) is 5.48. The molecule has 1 aromatic rings. The van der Waals surface area contributed by atoms with E-state index in [2.05, 4.69) is 24.1 Å². The number of rotatable bonds is 4. The number of hydrogen-bond donors (Lipinski definition) is 0. The molecule has 1 aromatic heterocycles. The van der Waals surface area contributed by atoms with Crippen LogP contribution in [0.1, 0.15) is 26.2 Å². The largest absolute Gasteiger partial charge is 0.306 e. The fourth-order valence-corrected chi connectivity index (χ4v) is 4.06. The summed E-state index contributed by atoms with van der Waals surface area (Å²) < 4.78 is 28.5. The molecule has 2 heterocycles. The minimum atomic E-state index is -3.39. The van der Waals surface area contributed by atoms with Crippen LogP contribution in [0, 0.1) is 0 Å². The van der Waals surface area contributed by atoms with Gasteiger partial charge in [-0.2, -0.15) is 9.40 Å². The molecule has 0 spiro atoms. The SMILES string of the molecule is CCn1cc(S(=O)(=O)N2CCCC(N(C)C)CC2)cn1. The average Bonchev–Trinajstić information content (AvgIpc) is 2.75. The molecule has 0 amide bonds. The monoisotopic (exact) mass is 300 g/mol. The zero-order valence-corrected chi connectivity index (χ0v) is 13.3. The summed E-state index contributed by atoms with van der Waals surface area (Å²) in [6.45, 7) is 3.81. The van der Waals surface area contributed by atoms with Gasteiger partial charge in [0.2, 0.25) is 10.0 Å². The van der Waals surface area contributed by atoms with Gasteiger partial charge in [0, 0.05) is 31.9 Å². The van der Waals surface area contributed by atoms with Crippen molar-refractivity contribution in [3.63, 3.8) is 0 Å². The van der Waals surface area contributed by atoms with Crippen molar-refractivity contribution in [1.82, 2.24) is 19.0 Å². The van der Waals surface area contributed by atoms with Gasteiger partial charge in [0.15, 0.2) is 0 Å². The Hall–Kier alpha value is -0.920. The first kappa shape index (κ1) is 15.5. The normalized spacial score (nSPS) is 22.1. The highest BCUT2D eigenvalue weighted by molar-refractivity contribution is 7.89. The first-order chi connectivity index (χ1) is 9.45. The number of aromatic nitrogens is 2. The van der Waals surface area contributed by atoms with E-state index in [1.54, 1.807) is 15.2 Å². The zero-order valence-electron chi connectivity index (χ0n) is 12.5. The van der Waals surface area contributed by atoms with Gasteiger partial charge in [-0.25, -0.2) is 8.42 Å². The first-order valence-electron chi connectivity index (χ1n) is 7.14. The Kier molecular flexibility index (Phi) is 4.82. The molecule has 0 aromatic carbocycles. The van der Waals surface area contributed by atoms with Gasteiger partial charge in [0.25, 0.3) is 0 Å². The highest BCUT2D eigenvalue weighted by Gasteiger charge is 2.29. The molecule has 0 radical (unpaired) electrons. The molecule has 0 bridgehead atoms.